The van der Waals surface area contributed by atoms with Crippen LogP contribution in [0.1, 0.15) is 16.8 Å². The molecule has 0 saturated carbocycles. The molecular weight excluding hydrogens is 252 g/mol. The molecule has 20 heavy (non-hydrogen) atoms. The minimum absolute atomic E-state index is 0.0129. The van der Waals surface area contributed by atoms with E-state index in [1.54, 1.807) is 19.2 Å². The van der Waals surface area contributed by atoms with Gasteiger partial charge in [-0.1, -0.05) is 30.3 Å². The second-order valence-corrected chi connectivity index (χ2v) is 4.73. The van der Waals surface area contributed by atoms with E-state index >= 15 is 0 Å². The van der Waals surface area contributed by atoms with Crippen LogP contribution in [0.5, 0.6) is 5.75 Å². The normalized spacial score (nSPS) is 10.8. The first-order valence-electron chi connectivity index (χ1n) is 6.40. The molecular formula is C16H14N2O2. The number of aryl methyl sites for hydroxylation is 1. The van der Waals surface area contributed by atoms with Gasteiger partial charge in [-0.3, -0.25) is 9.20 Å². The van der Waals surface area contributed by atoms with Crippen molar-refractivity contribution in [3.63, 3.8) is 0 Å². The van der Waals surface area contributed by atoms with Crippen molar-refractivity contribution in [2.75, 3.05) is 0 Å². The molecule has 0 spiro atoms. The van der Waals surface area contributed by atoms with E-state index < -0.39 is 0 Å². The van der Waals surface area contributed by atoms with Crippen molar-refractivity contribution in [3.8, 4) is 5.75 Å². The second kappa shape index (κ2) is 4.81. The molecule has 3 aromatic rings. The molecule has 0 bridgehead atoms. The van der Waals surface area contributed by atoms with E-state index in [4.69, 9.17) is 0 Å². The number of hydrogen-bond donors (Lipinski definition) is 1. The van der Waals surface area contributed by atoms with E-state index in [-0.39, 0.29) is 11.3 Å². The number of benzene rings is 1. The molecule has 1 aromatic carbocycles. The minimum atomic E-state index is -0.132. The summed E-state index contributed by atoms with van der Waals surface area (Å²) in [6.07, 6.45) is 2.16. The SMILES string of the molecule is Cc1nc2c(O)cccn2c(=O)c1Cc1ccccc1. The Morgan fingerprint density at radius 1 is 1.15 bits per heavy atom. The van der Waals surface area contributed by atoms with Gasteiger partial charge in [-0.2, -0.15) is 0 Å². The summed E-state index contributed by atoms with van der Waals surface area (Å²) < 4.78 is 1.39. The zero-order chi connectivity index (χ0) is 14.1. The average Bonchev–Trinajstić information content (AvgIpc) is 2.46. The van der Waals surface area contributed by atoms with Crippen molar-refractivity contribution in [2.45, 2.75) is 13.3 Å². The van der Waals surface area contributed by atoms with Crippen LogP contribution in [0.25, 0.3) is 5.65 Å². The summed E-state index contributed by atoms with van der Waals surface area (Å²) in [6, 6.07) is 13.0. The summed E-state index contributed by atoms with van der Waals surface area (Å²) in [4.78, 5) is 16.9. The molecule has 0 fully saturated rings. The molecule has 0 saturated heterocycles. The van der Waals surface area contributed by atoms with Crippen LogP contribution in [-0.2, 0) is 6.42 Å². The van der Waals surface area contributed by atoms with Gasteiger partial charge in [-0.25, -0.2) is 4.98 Å². The molecule has 2 aromatic heterocycles. The van der Waals surface area contributed by atoms with Gasteiger partial charge in [0.2, 0.25) is 0 Å². The van der Waals surface area contributed by atoms with Crippen molar-refractivity contribution in [2.24, 2.45) is 0 Å². The average molecular weight is 266 g/mol. The first kappa shape index (κ1) is 12.4. The summed E-state index contributed by atoms with van der Waals surface area (Å²) in [5.74, 6) is 0.0129. The lowest BCUT2D eigenvalue weighted by atomic mass is 10.1. The van der Waals surface area contributed by atoms with Crippen LogP contribution in [0.3, 0.4) is 0 Å². The summed E-state index contributed by atoms with van der Waals surface area (Å²) in [7, 11) is 0. The quantitative estimate of drug-likeness (QED) is 0.774. The van der Waals surface area contributed by atoms with Crippen LogP contribution in [0.15, 0.2) is 53.5 Å². The molecule has 2 heterocycles. The van der Waals surface area contributed by atoms with Crippen LogP contribution in [0, 0.1) is 6.92 Å². The number of aromatic nitrogens is 2. The lowest BCUT2D eigenvalue weighted by Gasteiger charge is -2.08. The molecule has 0 aliphatic carbocycles. The highest BCUT2D eigenvalue weighted by molar-refractivity contribution is 5.53. The minimum Gasteiger partial charge on any atom is -0.504 e. The van der Waals surface area contributed by atoms with E-state index in [9.17, 15) is 9.90 Å². The van der Waals surface area contributed by atoms with E-state index in [0.717, 1.165) is 5.56 Å². The fourth-order valence-electron chi connectivity index (χ4n) is 2.29. The Morgan fingerprint density at radius 3 is 2.65 bits per heavy atom. The highest BCUT2D eigenvalue weighted by Crippen LogP contribution is 2.16. The van der Waals surface area contributed by atoms with Crippen molar-refractivity contribution in [3.05, 3.63) is 75.8 Å². The molecule has 100 valence electrons. The van der Waals surface area contributed by atoms with Crippen molar-refractivity contribution in [1.29, 1.82) is 0 Å². The molecule has 0 aliphatic rings. The number of pyridine rings is 1. The fourth-order valence-corrected chi connectivity index (χ4v) is 2.29. The van der Waals surface area contributed by atoms with Crippen LogP contribution in [0.4, 0.5) is 0 Å². The van der Waals surface area contributed by atoms with E-state index in [1.165, 1.54) is 10.5 Å². The third-order valence-electron chi connectivity index (χ3n) is 3.36. The maximum Gasteiger partial charge on any atom is 0.261 e. The smallest absolute Gasteiger partial charge is 0.261 e. The molecule has 4 heteroatoms. The molecule has 0 amide bonds. The fraction of sp³-hybridized carbons (Fsp3) is 0.125. The number of fused-ring (bicyclic) bond motifs is 1. The topological polar surface area (TPSA) is 54.6 Å². The van der Waals surface area contributed by atoms with Gasteiger partial charge in [0.1, 0.15) is 0 Å². The van der Waals surface area contributed by atoms with Gasteiger partial charge in [0.15, 0.2) is 11.4 Å². The number of rotatable bonds is 2. The van der Waals surface area contributed by atoms with E-state index in [0.29, 0.717) is 23.3 Å². The Labute approximate surface area is 116 Å². The summed E-state index contributed by atoms with van der Waals surface area (Å²) >= 11 is 0. The predicted molar refractivity (Wildman–Crippen MR) is 77.1 cm³/mol. The van der Waals surface area contributed by atoms with Gasteiger partial charge in [0.25, 0.3) is 5.56 Å². The van der Waals surface area contributed by atoms with Crippen LogP contribution < -0.4 is 5.56 Å². The van der Waals surface area contributed by atoms with Gasteiger partial charge < -0.3 is 5.11 Å². The Hall–Kier alpha value is -2.62. The highest BCUT2D eigenvalue weighted by Gasteiger charge is 2.12. The van der Waals surface area contributed by atoms with Crippen LogP contribution in [0.2, 0.25) is 0 Å². The Kier molecular flexibility index (Phi) is 2.99. The first-order valence-corrected chi connectivity index (χ1v) is 6.40. The lowest BCUT2D eigenvalue weighted by molar-refractivity contribution is 0.476. The van der Waals surface area contributed by atoms with Gasteiger partial charge in [-0.15, -0.1) is 0 Å². The zero-order valence-corrected chi connectivity index (χ0v) is 11.1. The molecule has 0 unspecified atom stereocenters. The molecule has 0 aliphatic heterocycles. The van der Waals surface area contributed by atoms with Gasteiger partial charge >= 0.3 is 0 Å². The third-order valence-corrected chi connectivity index (χ3v) is 3.36. The van der Waals surface area contributed by atoms with Crippen LogP contribution in [-0.4, -0.2) is 14.5 Å². The zero-order valence-electron chi connectivity index (χ0n) is 11.1. The standard InChI is InChI=1S/C16H14N2O2/c1-11-13(10-12-6-3-2-4-7-12)16(20)18-9-5-8-14(19)15(18)17-11/h2-9,19H,10H2,1H3. The van der Waals surface area contributed by atoms with Crippen molar-refractivity contribution < 1.29 is 5.11 Å². The second-order valence-electron chi connectivity index (χ2n) is 4.73. The molecule has 0 atom stereocenters. The lowest BCUT2D eigenvalue weighted by Crippen LogP contribution is -2.21. The molecule has 3 rings (SSSR count). The van der Waals surface area contributed by atoms with Gasteiger partial charge in [0.05, 0.1) is 0 Å². The monoisotopic (exact) mass is 266 g/mol. The Morgan fingerprint density at radius 2 is 1.90 bits per heavy atom. The third kappa shape index (κ3) is 2.05. The maximum atomic E-state index is 12.5. The molecule has 0 radical (unpaired) electrons. The van der Waals surface area contributed by atoms with E-state index in [1.807, 2.05) is 30.3 Å². The summed E-state index contributed by atoms with van der Waals surface area (Å²) in [5.41, 5.74) is 2.54. The number of nitrogens with zero attached hydrogens (tertiary/aromatic N) is 2. The molecule has 1 N–H and O–H groups in total. The van der Waals surface area contributed by atoms with Crippen molar-refractivity contribution in [1.82, 2.24) is 9.38 Å². The van der Waals surface area contributed by atoms with Crippen LogP contribution >= 0.6 is 0 Å². The number of aromatic hydroxyl groups is 1. The first-order chi connectivity index (χ1) is 9.66. The Bertz CT molecular complexity index is 823. The largest absolute Gasteiger partial charge is 0.504 e. The van der Waals surface area contributed by atoms with Crippen molar-refractivity contribution >= 4 is 5.65 Å². The predicted octanol–water partition coefficient (Wildman–Crippen LogP) is 2.30. The number of hydrogen-bond acceptors (Lipinski definition) is 3. The maximum absolute atomic E-state index is 12.5. The summed E-state index contributed by atoms with van der Waals surface area (Å²) in [6.45, 7) is 1.80. The molecule has 4 nitrogen and oxygen atoms in total. The van der Waals surface area contributed by atoms with E-state index in [2.05, 4.69) is 4.98 Å². The van der Waals surface area contributed by atoms with Gasteiger partial charge in [-0.05, 0) is 24.6 Å². The highest BCUT2D eigenvalue weighted by atomic mass is 16.3. The Balaban J connectivity index is 2.20. The van der Waals surface area contributed by atoms with Gasteiger partial charge in [0, 0.05) is 23.9 Å². The summed E-state index contributed by atoms with van der Waals surface area (Å²) in [5, 5.41) is 9.78.